The zero-order valence-electron chi connectivity index (χ0n) is 10.4. The van der Waals surface area contributed by atoms with Gasteiger partial charge >= 0.3 is 0 Å². The molecular weight excluding hydrogens is 214 g/mol. The third kappa shape index (κ3) is 1.90. The van der Waals surface area contributed by atoms with Crippen LogP contribution in [0.4, 0.5) is 0 Å². The maximum atomic E-state index is 11.8. The molecule has 0 aromatic carbocycles. The van der Waals surface area contributed by atoms with E-state index in [9.17, 15) is 4.79 Å². The molecule has 0 saturated heterocycles. The van der Waals surface area contributed by atoms with Gasteiger partial charge in [0.25, 0.3) is 5.56 Å². The van der Waals surface area contributed by atoms with E-state index in [1.54, 1.807) is 6.20 Å². The first-order chi connectivity index (χ1) is 8.16. The lowest BCUT2D eigenvalue weighted by molar-refractivity contribution is 0.811. The van der Waals surface area contributed by atoms with Crippen molar-refractivity contribution in [3.8, 4) is 0 Å². The van der Waals surface area contributed by atoms with Crippen molar-refractivity contribution in [1.82, 2.24) is 14.8 Å². The molecule has 2 aromatic rings. The Balaban J connectivity index is 2.65. The molecule has 0 unspecified atom stereocenters. The Morgan fingerprint density at radius 2 is 2.18 bits per heavy atom. The van der Waals surface area contributed by atoms with E-state index in [0.717, 1.165) is 35.1 Å². The van der Waals surface area contributed by atoms with E-state index in [1.165, 1.54) is 0 Å². The Morgan fingerprint density at radius 3 is 2.88 bits per heavy atom. The maximum Gasteiger partial charge on any atom is 0.288 e. The highest BCUT2D eigenvalue weighted by molar-refractivity contribution is 5.83. The number of aryl methyl sites for hydroxylation is 1. The first kappa shape index (κ1) is 11.6. The van der Waals surface area contributed by atoms with Crippen LogP contribution in [0.25, 0.3) is 10.9 Å². The molecule has 1 N–H and O–H groups in total. The number of hydrogen-bond donors (Lipinski definition) is 1. The molecule has 0 aliphatic rings. The van der Waals surface area contributed by atoms with Crippen LogP contribution in [0.5, 0.6) is 0 Å². The molecule has 2 aromatic heterocycles. The van der Waals surface area contributed by atoms with Crippen LogP contribution in [0.1, 0.15) is 24.6 Å². The quantitative estimate of drug-likeness (QED) is 0.824. The number of H-pyrrole nitrogens is 1. The van der Waals surface area contributed by atoms with Crippen LogP contribution in [-0.2, 0) is 6.54 Å². The van der Waals surface area contributed by atoms with Crippen molar-refractivity contribution in [3.63, 3.8) is 0 Å². The normalized spacial score (nSPS) is 11.7. The summed E-state index contributed by atoms with van der Waals surface area (Å²) in [6.07, 6.45) is 6.93. The van der Waals surface area contributed by atoms with Gasteiger partial charge < -0.3 is 4.57 Å². The van der Waals surface area contributed by atoms with Gasteiger partial charge in [-0.3, -0.25) is 4.79 Å². The molecule has 0 atom stereocenters. The lowest BCUT2D eigenvalue weighted by Crippen LogP contribution is -2.12. The fourth-order valence-corrected chi connectivity index (χ4v) is 2.07. The number of rotatable bonds is 3. The SMILES string of the molecule is CCC=CCn1c(C)c(C)c2cn[nH]c(=O)c21. The summed E-state index contributed by atoms with van der Waals surface area (Å²) in [6.45, 7) is 6.89. The Morgan fingerprint density at radius 1 is 1.41 bits per heavy atom. The van der Waals surface area contributed by atoms with Crippen LogP contribution in [0.3, 0.4) is 0 Å². The van der Waals surface area contributed by atoms with Crippen LogP contribution in [-0.4, -0.2) is 14.8 Å². The molecule has 0 radical (unpaired) electrons. The first-order valence-corrected chi connectivity index (χ1v) is 5.84. The molecule has 0 fully saturated rings. The van der Waals surface area contributed by atoms with E-state index in [2.05, 4.69) is 29.3 Å². The molecule has 4 heteroatoms. The van der Waals surface area contributed by atoms with E-state index >= 15 is 0 Å². The van der Waals surface area contributed by atoms with Gasteiger partial charge in [0.1, 0.15) is 5.52 Å². The number of nitrogens with zero attached hydrogens (tertiary/aromatic N) is 2. The highest BCUT2D eigenvalue weighted by Gasteiger charge is 2.12. The molecular formula is C13H17N3O. The van der Waals surface area contributed by atoms with Crippen molar-refractivity contribution in [3.05, 3.63) is 40.0 Å². The molecule has 17 heavy (non-hydrogen) atoms. The van der Waals surface area contributed by atoms with Crippen LogP contribution in [0.15, 0.2) is 23.1 Å². The Bertz CT molecular complexity index is 619. The molecule has 0 amide bonds. The van der Waals surface area contributed by atoms with Gasteiger partial charge in [0.15, 0.2) is 0 Å². The Hall–Kier alpha value is -1.84. The second-order valence-electron chi connectivity index (χ2n) is 4.16. The average Bonchev–Trinajstić information content (AvgIpc) is 2.56. The van der Waals surface area contributed by atoms with Gasteiger partial charge in [-0.25, -0.2) is 5.10 Å². The fourth-order valence-electron chi connectivity index (χ4n) is 2.07. The second-order valence-corrected chi connectivity index (χ2v) is 4.16. The van der Waals surface area contributed by atoms with Gasteiger partial charge in [0, 0.05) is 17.6 Å². The van der Waals surface area contributed by atoms with Crippen LogP contribution < -0.4 is 5.56 Å². The molecule has 0 spiro atoms. The van der Waals surface area contributed by atoms with Gasteiger partial charge in [-0.1, -0.05) is 19.1 Å². The number of aromatic nitrogens is 3. The lowest BCUT2D eigenvalue weighted by atomic mass is 10.2. The zero-order valence-corrected chi connectivity index (χ0v) is 10.4. The van der Waals surface area contributed by atoms with Gasteiger partial charge in [-0.15, -0.1) is 0 Å². The summed E-state index contributed by atoms with van der Waals surface area (Å²) in [4.78, 5) is 11.8. The van der Waals surface area contributed by atoms with E-state index in [0.29, 0.717) is 0 Å². The molecule has 0 bridgehead atoms. The second kappa shape index (κ2) is 4.57. The molecule has 2 rings (SSSR count). The number of hydrogen-bond acceptors (Lipinski definition) is 2. The Labute approximate surface area is 100.0 Å². The van der Waals surface area contributed by atoms with Crippen LogP contribution in [0, 0.1) is 13.8 Å². The number of aromatic amines is 1. The van der Waals surface area contributed by atoms with Gasteiger partial charge in [0.05, 0.1) is 6.20 Å². The smallest absolute Gasteiger partial charge is 0.288 e. The molecule has 0 saturated carbocycles. The van der Waals surface area contributed by atoms with Crippen LogP contribution >= 0.6 is 0 Å². The number of fused-ring (bicyclic) bond motifs is 1. The summed E-state index contributed by atoms with van der Waals surface area (Å²) in [6, 6.07) is 0. The van der Waals surface area contributed by atoms with Crippen molar-refractivity contribution < 1.29 is 0 Å². The van der Waals surface area contributed by atoms with Crippen molar-refractivity contribution in [1.29, 1.82) is 0 Å². The third-order valence-corrected chi connectivity index (χ3v) is 3.14. The van der Waals surface area contributed by atoms with E-state index in [1.807, 2.05) is 18.4 Å². The summed E-state index contributed by atoms with van der Waals surface area (Å²) < 4.78 is 2.04. The standard InChI is InChI=1S/C13H17N3O/c1-4-5-6-7-16-10(3)9(2)11-8-14-15-13(17)12(11)16/h5-6,8H,4,7H2,1-3H3,(H,15,17). The minimum atomic E-state index is -0.122. The van der Waals surface area contributed by atoms with Crippen molar-refractivity contribution in [2.24, 2.45) is 0 Å². The Kier molecular flexibility index (Phi) is 3.13. The summed E-state index contributed by atoms with van der Waals surface area (Å²) >= 11 is 0. The molecule has 4 nitrogen and oxygen atoms in total. The lowest BCUT2D eigenvalue weighted by Gasteiger charge is -2.03. The molecule has 2 heterocycles. The molecule has 0 aliphatic carbocycles. The van der Waals surface area contributed by atoms with Crippen molar-refractivity contribution >= 4 is 10.9 Å². The highest BCUT2D eigenvalue weighted by Crippen LogP contribution is 2.21. The average molecular weight is 231 g/mol. The summed E-state index contributed by atoms with van der Waals surface area (Å²) in [5.74, 6) is 0. The number of nitrogens with one attached hydrogen (secondary N) is 1. The predicted octanol–water partition coefficient (Wildman–Crippen LogP) is 2.31. The van der Waals surface area contributed by atoms with Crippen LogP contribution in [0.2, 0.25) is 0 Å². The maximum absolute atomic E-state index is 11.8. The molecule has 90 valence electrons. The summed E-state index contributed by atoms with van der Waals surface area (Å²) in [5.41, 5.74) is 2.85. The predicted molar refractivity (Wildman–Crippen MR) is 69.3 cm³/mol. The van der Waals surface area contributed by atoms with E-state index in [-0.39, 0.29) is 5.56 Å². The van der Waals surface area contributed by atoms with Gasteiger partial charge in [0.2, 0.25) is 0 Å². The topological polar surface area (TPSA) is 50.7 Å². The summed E-state index contributed by atoms with van der Waals surface area (Å²) in [5, 5.41) is 7.29. The van der Waals surface area contributed by atoms with Gasteiger partial charge in [-0.05, 0) is 25.8 Å². The minimum Gasteiger partial charge on any atom is -0.336 e. The van der Waals surface area contributed by atoms with Gasteiger partial charge in [-0.2, -0.15) is 5.10 Å². The van der Waals surface area contributed by atoms with Crippen molar-refractivity contribution in [2.75, 3.05) is 0 Å². The first-order valence-electron chi connectivity index (χ1n) is 5.84. The van der Waals surface area contributed by atoms with E-state index < -0.39 is 0 Å². The highest BCUT2D eigenvalue weighted by atomic mass is 16.1. The van der Waals surface area contributed by atoms with Crippen molar-refractivity contribution in [2.45, 2.75) is 33.7 Å². The number of allylic oxidation sites excluding steroid dienone is 2. The molecule has 0 aliphatic heterocycles. The van der Waals surface area contributed by atoms with E-state index in [4.69, 9.17) is 0 Å². The fraction of sp³-hybridized carbons (Fsp3) is 0.385. The zero-order chi connectivity index (χ0) is 12.4. The monoisotopic (exact) mass is 231 g/mol. The minimum absolute atomic E-state index is 0.122. The third-order valence-electron chi connectivity index (χ3n) is 3.14. The largest absolute Gasteiger partial charge is 0.336 e. The summed E-state index contributed by atoms with van der Waals surface area (Å²) in [7, 11) is 0.